The van der Waals surface area contributed by atoms with Gasteiger partial charge in [-0.2, -0.15) is 4.99 Å². The van der Waals surface area contributed by atoms with Gasteiger partial charge in [0.05, 0.1) is 12.0 Å². The number of rotatable bonds is 2. The number of phenols is 1. The number of aliphatic imine (C=N–C) groups is 1. The first kappa shape index (κ1) is 15.9. The monoisotopic (exact) mass is 332 g/mol. The van der Waals surface area contributed by atoms with Crippen molar-refractivity contribution in [3.05, 3.63) is 28.7 Å². The van der Waals surface area contributed by atoms with Crippen LogP contribution < -0.4 is 4.74 Å². The van der Waals surface area contributed by atoms with E-state index in [4.69, 9.17) is 4.74 Å². The molecule has 1 aromatic carbocycles. The second-order valence-electron chi connectivity index (χ2n) is 5.93. The zero-order valence-electron chi connectivity index (χ0n) is 13.3. The van der Waals surface area contributed by atoms with Crippen LogP contribution in [0.2, 0.25) is 0 Å². The molecular weight excluding hydrogens is 312 g/mol. The number of carbonyl (C=O) groups is 1. The highest BCUT2D eigenvalue weighted by Crippen LogP contribution is 2.33. The number of piperidine rings is 1. The van der Waals surface area contributed by atoms with Gasteiger partial charge in [-0.3, -0.25) is 4.79 Å². The van der Waals surface area contributed by atoms with Crippen molar-refractivity contribution in [3.63, 3.8) is 0 Å². The van der Waals surface area contributed by atoms with Crippen molar-refractivity contribution in [2.75, 3.05) is 20.2 Å². The van der Waals surface area contributed by atoms with E-state index >= 15 is 0 Å². The van der Waals surface area contributed by atoms with Gasteiger partial charge in [-0.05, 0) is 54.3 Å². The van der Waals surface area contributed by atoms with Gasteiger partial charge in [-0.1, -0.05) is 13.0 Å². The summed E-state index contributed by atoms with van der Waals surface area (Å²) in [6, 6.07) is 5.01. The quantitative estimate of drug-likeness (QED) is 0.843. The molecule has 0 aromatic heterocycles. The van der Waals surface area contributed by atoms with E-state index in [-0.39, 0.29) is 11.7 Å². The lowest BCUT2D eigenvalue weighted by Crippen LogP contribution is -2.37. The number of hydrogen-bond acceptors (Lipinski definition) is 5. The van der Waals surface area contributed by atoms with E-state index in [2.05, 4.69) is 16.8 Å². The molecule has 1 amide bonds. The van der Waals surface area contributed by atoms with Crippen molar-refractivity contribution in [1.82, 2.24) is 4.90 Å². The van der Waals surface area contributed by atoms with Crippen LogP contribution in [0.1, 0.15) is 25.3 Å². The number of amidine groups is 1. The van der Waals surface area contributed by atoms with Crippen molar-refractivity contribution in [3.8, 4) is 11.5 Å². The fraction of sp³-hybridized carbons (Fsp3) is 0.412. The zero-order valence-corrected chi connectivity index (χ0v) is 14.1. The van der Waals surface area contributed by atoms with Crippen LogP contribution in [0.25, 0.3) is 6.08 Å². The molecule has 0 spiro atoms. The Labute approximate surface area is 140 Å². The number of aromatic hydroxyl groups is 1. The summed E-state index contributed by atoms with van der Waals surface area (Å²) < 4.78 is 5.10. The maximum absolute atomic E-state index is 12.2. The second kappa shape index (κ2) is 6.66. The van der Waals surface area contributed by atoms with Gasteiger partial charge in [0, 0.05) is 13.1 Å². The summed E-state index contributed by atoms with van der Waals surface area (Å²) in [6.07, 6.45) is 4.17. The van der Waals surface area contributed by atoms with Gasteiger partial charge in [0.15, 0.2) is 16.7 Å². The van der Waals surface area contributed by atoms with Crippen LogP contribution >= 0.6 is 11.8 Å². The van der Waals surface area contributed by atoms with E-state index in [0.29, 0.717) is 16.6 Å². The second-order valence-corrected chi connectivity index (χ2v) is 6.94. The normalized spacial score (nSPS) is 23.3. The third-order valence-corrected chi connectivity index (χ3v) is 5.08. The van der Waals surface area contributed by atoms with Crippen molar-refractivity contribution in [1.29, 1.82) is 0 Å². The van der Waals surface area contributed by atoms with E-state index < -0.39 is 0 Å². The molecule has 122 valence electrons. The third-order valence-electron chi connectivity index (χ3n) is 4.04. The standard InChI is InChI=1S/C17H20N2O3S/c1-11-4-3-7-19(10-11)17-18-16(21)15(23-17)9-12-5-6-13(20)14(8-12)22-2/h5-6,8-9,11,20H,3-4,7,10H2,1-2H3/b15-9-/t11-/m1/s1. The Bertz CT molecular complexity index is 684. The summed E-state index contributed by atoms with van der Waals surface area (Å²) in [5.41, 5.74) is 0.805. The highest BCUT2D eigenvalue weighted by Gasteiger charge is 2.28. The minimum atomic E-state index is -0.199. The minimum absolute atomic E-state index is 0.0827. The topological polar surface area (TPSA) is 62.1 Å². The molecule has 1 saturated heterocycles. The number of methoxy groups -OCH3 is 1. The molecule has 1 atom stereocenters. The Morgan fingerprint density at radius 2 is 2.30 bits per heavy atom. The van der Waals surface area contributed by atoms with E-state index in [1.807, 2.05) is 0 Å². The van der Waals surface area contributed by atoms with E-state index in [1.165, 1.54) is 25.3 Å². The lowest BCUT2D eigenvalue weighted by Gasteiger charge is -2.31. The van der Waals surface area contributed by atoms with Crippen molar-refractivity contribution < 1.29 is 14.6 Å². The first-order valence-corrected chi connectivity index (χ1v) is 8.53. The molecule has 1 aromatic rings. The van der Waals surface area contributed by atoms with Gasteiger partial charge in [-0.15, -0.1) is 0 Å². The SMILES string of the molecule is COc1cc(/C=C2\SC(N3CCC[C@@H](C)C3)=NC2=O)ccc1O. The Morgan fingerprint density at radius 3 is 3.04 bits per heavy atom. The molecule has 2 aliphatic heterocycles. The number of ether oxygens (including phenoxy) is 1. The van der Waals surface area contributed by atoms with Crippen molar-refractivity contribution >= 4 is 28.9 Å². The van der Waals surface area contributed by atoms with Crippen LogP contribution in [0.15, 0.2) is 28.1 Å². The molecule has 6 heteroatoms. The van der Waals surface area contributed by atoms with Crippen LogP contribution in [0.3, 0.4) is 0 Å². The summed E-state index contributed by atoms with van der Waals surface area (Å²) in [4.78, 5) is 19.2. The Kier molecular flexibility index (Phi) is 4.61. The van der Waals surface area contributed by atoms with Gasteiger partial charge in [-0.25, -0.2) is 0 Å². The zero-order chi connectivity index (χ0) is 16.4. The molecule has 1 fully saturated rings. The van der Waals surface area contributed by atoms with Crippen LogP contribution in [0, 0.1) is 5.92 Å². The lowest BCUT2D eigenvalue weighted by atomic mass is 10.0. The van der Waals surface area contributed by atoms with Gasteiger partial charge >= 0.3 is 0 Å². The predicted octanol–water partition coefficient (Wildman–Crippen LogP) is 3.10. The van der Waals surface area contributed by atoms with E-state index in [0.717, 1.165) is 30.2 Å². The summed E-state index contributed by atoms with van der Waals surface area (Å²) in [7, 11) is 1.50. The minimum Gasteiger partial charge on any atom is -0.504 e. The molecule has 0 unspecified atom stereocenters. The average Bonchev–Trinajstić information content (AvgIpc) is 2.90. The summed E-state index contributed by atoms with van der Waals surface area (Å²) >= 11 is 1.42. The van der Waals surface area contributed by atoms with Crippen LogP contribution in [0.4, 0.5) is 0 Å². The average molecular weight is 332 g/mol. The molecule has 0 bridgehead atoms. The smallest absolute Gasteiger partial charge is 0.286 e. The molecule has 3 rings (SSSR count). The van der Waals surface area contributed by atoms with Gasteiger partial charge in [0.25, 0.3) is 5.91 Å². The fourth-order valence-corrected chi connectivity index (χ4v) is 3.78. The number of amides is 1. The number of benzene rings is 1. The van der Waals surface area contributed by atoms with E-state index in [1.54, 1.807) is 24.3 Å². The first-order valence-electron chi connectivity index (χ1n) is 7.71. The van der Waals surface area contributed by atoms with Crippen molar-refractivity contribution in [2.45, 2.75) is 19.8 Å². The van der Waals surface area contributed by atoms with Crippen LogP contribution in [-0.4, -0.2) is 41.3 Å². The molecule has 0 radical (unpaired) electrons. The highest BCUT2D eigenvalue weighted by molar-refractivity contribution is 8.18. The Balaban J connectivity index is 1.76. The fourth-order valence-electron chi connectivity index (χ4n) is 2.83. The van der Waals surface area contributed by atoms with Gasteiger partial charge in [0.1, 0.15) is 0 Å². The number of carbonyl (C=O) groups excluding carboxylic acids is 1. The van der Waals surface area contributed by atoms with Gasteiger partial charge in [0.2, 0.25) is 0 Å². The molecule has 2 heterocycles. The maximum Gasteiger partial charge on any atom is 0.286 e. The summed E-state index contributed by atoms with van der Waals surface area (Å²) in [5, 5.41) is 10.4. The van der Waals surface area contributed by atoms with E-state index in [9.17, 15) is 9.90 Å². The van der Waals surface area contributed by atoms with Crippen LogP contribution in [0.5, 0.6) is 11.5 Å². The number of likely N-dealkylation sites (tertiary alicyclic amines) is 1. The molecule has 5 nitrogen and oxygen atoms in total. The van der Waals surface area contributed by atoms with Crippen molar-refractivity contribution in [2.24, 2.45) is 10.9 Å². The number of nitrogens with zero attached hydrogens (tertiary/aromatic N) is 2. The maximum atomic E-state index is 12.2. The number of hydrogen-bond donors (Lipinski definition) is 1. The third kappa shape index (κ3) is 3.52. The molecular formula is C17H20N2O3S. The Morgan fingerprint density at radius 1 is 1.48 bits per heavy atom. The highest BCUT2D eigenvalue weighted by atomic mass is 32.2. The molecule has 0 aliphatic carbocycles. The summed E-state index contributed by atoms with van der Waals surface area (Å²) in [6.45, 7) is 4.15. The molecule has 2 aliphatic rings. The molecule has 0 saturated carbocycles. The van der Waals surface area contributed by atoms with Gasteiger partial charge < -0.3 is 14.7 Å². The molecule has 1 N–H and O–H groups in total. The predicted molar refractivity (Wildman–Crippen MR) is 92.6 cm³/mol. The largest absolute Gasteiger partial charge is 0.504 e. The number of thioether (sulfide) groups is 1. The lowest BCUT2D eigenvalue weighted by molar-refractivity contribution is -0.113. The Hall–Kier alpha value is -1.95. The number of phenolic OH excluding ortho intramolecular Hbond substituents is 1. The van der Waals surface area contributed by atoms with Crippen LogP contribution in [-0.2, 0) is 4.79 Å². The molecule has 23 heavy (non-hydrogen) atoms. The first-order chi connectivity index (χ1) is 11.1. The summed E-state index contributed by atoms with van der Waals surface area (Å²) in [5.74, 6) is 0.909.